The van der Waals surface area contributed by atoms with Gasteiger partial charge in [0.25, 0.3) is 0 Å². The minimum Gasteiger partial charge on any atom is -0.497 e. The summed E-state index contributed by atoms with van der Waals surface area (Å²) in [6.07, 6.45) is -0.543. The van der Waals surface area contributed by atoms with Crippen LogP contribution in [0.3, 0.4) is 0 Å². The van der Waals surface area contributed by atoms with Gasteiger partial charge in [-0.15, -0.1) is 10.2 Å². The van der Waals surface area contributed by atoms with E-state index in [0.29, 0.717) is 18.1 Å². The zero-order valence-corrected chi connectivity index (χ0v) is 16.7. The van der Waals surface area contributed by atoms with Gasteiger partial charge < -0.3 is 14.0 Å². The fourth-order valence-electron chi connectivity index (χ4n) is 2.73. The maximum absolute atomic E-state index is 13.9. The number of hydrogen-bond donors (Lipinski definition) is 0. The quantitative estimate of drug-likeness (QED) is 0.493. The summed E-state index contributed by atoms with van der Waals surface area (Å²) in [7, 11) is 1.64. The van der Waals surface area contributed by atoms with Gasteiger partial charge >= 0.3 is 0 Å². The number of halogens is 2. The van der Waals surface area contributed by atoms with Crippen molar-refractivity contribution >= 4 is 11.8 Å². The molecule has 1 heterocycles. The van der Waals surface area contributed by atoms with Crippen molar-refractivity contribution in [2.75, 3.05) is 7.11 Å². The predicted molar refractivity (Wildman–Crippen MR) is 104 cm³/mol. The molecule has 1 unspecified atom stereocenters. The summed E-state index contributed by atoms with van der Waals surface area (Å²) in [5.74, 6) is 0.674. The second-order valence-corrected chi connectivity index (χ2v) is 7.00. The molecule has 0 aliphatic rings. The van der Waals surface area contributed by atoms with Crippen LogP contribution in [0.25, 0.3) is 0 Å². The molecule has 0 aliphatic heterocycles. The third-order valence-corrected chi connectivity index (χ3v) is 5.16. The molecule has 0 radical (unpaired) electrons. The number of thioether (sulfide) groups is 1. The normalized spacial score (nSPS) is 12.0. The molecule has 28 heavy (non-hydrogen) atoms. The Bertz CT molecular complexity index is 949. The van der Waals surface area contributed by atoms with Gasteiger partial charge in [0, 0.05) is 18.4 Å². The molecule has 8 heteroatoms. The summed E-state index contributed by atoms with van der Waals surface area (Å²) in [6, 6.07) is 11.1. The molecular weight excluding hydrogens is 384 g/mol. The summed E-state index contributed by atoms with van der Waals surface area (Å²) >= 11 is 1.55. The first-order chi connectivity index (χ1) is 13.5. The molecule has 148 valence electrons. The minimum atomic E-state index is -0.748. The van der Waals surface area contributed by atoms with E-state index in [4.69, 9.17) is 9.47 Å². The number of hydrogen-bond acceptors (Lipinski definition) is 5. The summed E-state index contributed by atoms with van der Waals surface area (Å²) < 4.78 is 39.8. The molecule has 3 rings (SSSR count). The number of ether oxygens (including phenoxy) is 2. The van der Waals surface area contributed by atoms with E-state index in [-0.39, 0.29) is 5.75 Å². The van der Waals surface area contributed by atoms with E-state index in [1.54, 1.807) is 25.8 Å². The molecule has 5 nitrogen and oxygen atoms in total. The van der Waals surface area contributed by atoms with Gasteiger partial charge in [-0.1, -0.05) is 23.9 Å². The highest BCUT2D eigenvalue weighted by Gasteiger charge is 2.20. The Morgan fingerprint density at radius 3 is 2.68 bits per heavy atom. The van der Waals surface area contributed by atoms with Crippen molar-refractivity contribution in [1.82, 2.24) is 14.8 Å². The summed E-state index contributed by atoms with van der Waals surface area (Å²) in [4.78, 5) is 0. The first-order valence-corrected chi connectivity index (χ1v) is 9.81. The zero-order chi connectivity index (χ0) is 20.1. The highest BCUT2D eigenvalue weighted by atomic mass is 32.2. The lowest BCUT2D eigenvalue weighted by atomic mass is 10.2. The Kier molecular flexibility index (Phi) is 6.51. The van der Waals surface area contributed by atoms with Crippen molar-refractivity contribution in [3.8, 4) is 11.5 Å². The Labute approximate surface area is 166 Å². The van der Waals surface area contributed by atoms with Crippen LogP contribution >= 0.6 is 11.8 Å². The molecule has 0 bridgehead atoms. The lowest BCUT2D eigenvalue weighted by Gasteiger charge is -2.16. The molecule has 1 atom stereocenters. The van der Waals surface area contributed by atoms with Crippen LogP contribution in [0.15, 0.2) is 47.6 Å². The first kappa shape index (κ1) is 20.1. The fraction of sp³-hybridized carbons (Fsp3) is 0.300. The Balaban J connectivity index is 1.73. The van der Waals surface area contributed by atoms with Gasteiger partial charge in [0.15, 0.2) is 28.7 Å². The summed E-state index contributed by atoms with van der Waals surface area (Å²) in [5.41, 5.74) is 1.11. The van der Waals surface area contributed by atoms with Crippen molar-refractivity contribution in [3.63, 3.8) is 0 Å². The van der Waals surface area contributed by atoms with Gasteiger partial charge in [-0.2, -0.15) is 0 Å². The molecule has 0 spiro atoms. The van der Waals surface area contributed by atoms with Crippen LogP contribution in [0, 0.1) is 11.6 Å². The molecular formula is C20H21F2N3O2S. The van der Waals surface area contributed by atoms with Gasteiger partial charge in [0.1, 0.15) is 11.6 Å². The molecule has 1 aromatic heterocycles. The van der Waals surface area contributed by atoms with E-state index >= 15 is 0 Å². The molecule has 0 saturated heterocycles. The van der Waals surface area contributed by atoms with Crippen LogP contribution in [-0.2, 0) is 12.3 Å². The average Bonchev–Trinajstić information content (AvgIpc) is 3.11. The fourth-order valence-corrected chi connectivity index (χ4v) is 3.68. The van der Waals surface area contributed by atoms with Gasteiger partial charge in [0.2, 0.25) is 0 Å². The van der Waals surface area contributed by atoms with Crippen LogP contribution in [0.2, 0.25) is 0 Å². The van der Waals surface area contributed by atoms with Gasteiger partial charge in [0.05, 0.1) is 7.11 Å². The van der Waals surface area contributed by atoms with Crippen molar-refractivity contribution in [1.29, 1.82) is 0 Å². The van der Waals surface area contributed by atoms with E-state index in [0.717, 1.165) is 28.6 Å². The van der Waals surface area contributed by atoms with E-state index < -0.39 is 17.7 Å². The lowest BCUT2D eigenvalue weighted by molar-refractivity contribution is 0.200. The number of methoxy groups -OCH3 is 1. The Morgan fingerprint density at radius 1 is 1.14 bits per heavy atom. The van der Waals surface area contributed by atoms with Crippen molar-refractivity contribution in [2.45, 2.75) is 37.4 Å². The summed E-state index contributed by atoms with van der Waals surface area (Å²) in [5, 5.41) is 9.22. The Morgan fingerprint density at radius 2 is 1.96 bits per heavy atom. The SMILES string of the molecule is CCn1c(SCc2cccc(OC)c2)nnc1C(C)Oc1ccc(F)cc1F. The smallest absolute Gasteiger partial charge is 0.191 e. The molecule has 0 saturated carbocycles. The molecule has 0 N–H and O–H groups in total. The Hall–Kier alpha value is -2.61. The van der Waals surface area contributed by atoms with E-state index in [1.165, 1.54) is 6.07 Å². The van der Waals surface area contributed by atoms with Crippen LogP contribution in [0.5, 0.6) is 11.5 Å². The predicted octanol–water partition coefficient (Wildman–Crippen LogP) is 5.02. The monoisotopic (exact) mass is 405 g/mol. The zero-order valence-electron chi connectivity index (χ0n) is 15.9. The van der Waals surface area contributed by atoms with Gasteiger partial charge in [-0.05, 0) is 43.7 Å². The maximum atomic E-state index is 13.9. The van der Waals surface area contributed by atoms with Gasteiger partial charge in [-0.25, -0.2) is 8.78 Å². The van der Waals surface area contributed by atoms with Gasteiger partial charge in [-0.3, -0.25) is 0 Å². The van der Waals surface area contributed by atoms with Crippen molar-refractivity contribution < 1.29 is 18.3 Å². The largest absolute Gasteiger partial charge is 0.497 e. The highest BCUT2D eigenvalue weighted by molar-refractivity contribution is 7.98. The molecule has 3 aromatic rings. The first-order valence-electron chi connectivity index (χ1n) is 8.82. The average molecular weight is 405 g/mol. The second-order valence-electron chi connectivity index (χ2n) is 6.06. The number of aromatic nitrogens is 3. The molecule has 0 amide bonds. The van der Waals surface area contributed by atoms with E-state index in [2.05, 4.69) is 10.2 Å². The van der Waals surface area contributed by atoms with Crippen molar-refractivity contribution in [2.24, 2.45) is 0 Å². The van der Waals surface area contributed by atoms with Crippen LogP contribution in [0.1, 0.15) is 31.3 Å². The second kappa shape index (κ2) is 9.05. The third kappa shape index (κ3) is 4.62. The number of rotatable bonds is 8. The van der Waals surface area contributed by atoms with Crippen LogP contribution in [0.4, 0.5) is 8.78 Å². The lowest BCUT2D eigenvalue weighted by Crippen LogP contribution is -2.12. The van der Waals surface area contributed by atoms with E-state index in [9.17, 15) is 8.78 Å². The number of nitrogens with zero attached hydrogens (tertiary/aromatic N) is 3. The minimum absolute atomic E-state index is 0.0230. The third-order valence-electron chi connectivity index (χ3n) is 4.13. The van der Waals surface area contributed by atoms with Crippen molar-refractivity contribution in [3.05, 3.63) is 65.5 Å². The molecule has 0 fully saturated rings. The highest BCUT2D eigenvalue weighted by Crippen LogP contribution is 2.28. The summed E-state index contributed by atoms with van der Waals surface area (Å²) in [6.45, 7) is 4.38. The van der Waals surface area contributed by atoms with Crippen LogP contribution in [-0.4, -0.2) is 21.9 Å². The van der Waals surface area contributed by atoms with E-state index in [1.807, 2.05) is 35.8 Å². The molecule has 2 aromatic carbocycles. The topological polar surface area (TPSA) is 49.2 Å². The standard InChI is InChI=1S/C20H21F2N3O2S/c1-4-25-19(13(2)27-18-9-8-15(21)11-17(18)22)23-24-20(25)28-12-14-6-5-7-16(10-14)26-3/h5-11,13H,4,12H2,1-3H3. The molecule has 0 aliphatic carbocycles. The maximum Gasteiger partial charge on any atom is 0.191 e. The number of benzene rings is 2. The van der Waals surface area contributed by atoms with Crippen LogP contribution < -0.4 is 9.47 Å².